The molecule has 0 saturated heterocycles. The largest absolute Gasteiger partial charge is 0.508 e. The summed E-state index contributed by atoms with van der Waals surface area (Å²) in [6.07, 6.45) is -1.15. The van der Waals surface area contributed by atoms with Gasteiger partial charge in [0.25, 0.3) is 0 Å². The van der Waals surface area contributed by atoms with Gasteiger partial charge in [-0.25, -0.2) is 4.79 Å². The first-order valence-electron chi connectivity index (χ1n) is 4.94. The van der Waals surface area contributed by atoms with Crippen LogP contribution < -0.4 is 0 Å². The van der Waals surface area contributed by atoms with Crippen LogP contribution in [0.1, 0.15) is 15.9 Å². The molecule has 0 bridgehead atoms. The van der Waals surface area contributed by atoms with Crippen molar-refractivity contribution in [2.75, 3.05) is 13.2 Å². The third kappa shape index (κ3) is 3.33. The first kappa shape index (κ1) is 13.3. The lowest BCUT2D eigenvalue weighted by Crippen LogP contribution is -2.22. The molecule has 1 unspecified atom stereocenters. The van der Waals surface area contributed by atoms with E-state index in [4.69, 9.17) is 14.9 Å². The molecule has 0 radical (unpaired) electrons. The maximum absolute atomic E-state index is 11.6. The molecule has 0 aliphatic rings. The third-order valence-corrected chi connectivity index (χ3v) is 2.12. The number of carbonyl (C=O) groups is 1. The Bertz CT molecular complexity index is 391. The van der Waals surface area contributed by atoms with E-state index < -0.39 is 24.4 Å². The third-order valence-electron chi connectivity index (χ3n) is 2.12. The molecule has 6 nitrogen and oxygen atoms in total. The zero-order valence-corrected chi connectivity index (χ0v) is 9.25. The van der Waals surface area contributed by atoms with Gasteiger partial charge in [-0.2, -0.15) is 0 Å². The number of phenolic OH excluding ortho intramolecular Hbond substituents is 2. The van der Waals surface area contributed by atoms with E-state index >= 15 is 0 Å². The van der Waals surface area contributed by atoms with E-state index in [0.717, 1.165) is 6.07 Å². The van der Waals surface area contributed by atoms with Gasteiger partial charge >= 0.3 is 5.97 Å². The summed E-state index contributed by atoms with van der Waals surface area (Å²) < 4.78 is 4.69. The summed E-state index contributed by atoms with van der Waals surface area (Å²) in [7, 11) is 0. The predicted molar refractivity (Wildman–Crippen MR) is 57.9 cm³/mol. The van der Waals surface area contributed by atoms with Crippen molar-refractivity contribution in [3.8, 4) is 11.5 Å². The molecule has 17 heavy (non-hydrogen) atoms. The zero-order chi connectivity index (χ0) is 13.0. The van der Waals surface area contributed by atoms with Gasteiger partial charge in [0.15, 0.2) is 0 Å². The molecule has 1 atom stereocenters. The van der Waals surface area contributed by atoms with Gasteiger partial charge in [0.1, 0.15) is 29.8 Å². The molecule has 0 amide bonds. The molecule has 0 aliphatic carbocycles. The van der Waals surface area contributed by atoms with Crippen molar-refractivity contribution in [1.29, 1.82) is 0 Å². The fraction of sp³-hybridized carbons (Fsp3) is 0.364. The van der Waals surface area contributed by atoms with Gasteiger partial charge in [0, 0.05) is 6.07 Å². The normalized spacial score (nSPS) is 12.2. The van der Waals surface area contributed by atoms with Crippen molar-refractivity contribution in [2.45, 2.75) is 13.0 Å². The van der Waals surface area contributed by atoms with E-state index in [1.807, 2.05) is 0 Å². The summed E-state index contributed by atoms with van der Waals surface area (Å²) in [5, 5.41) is 36.2. The number of aliphatic hydroxyl groups excluding tert-OH is 2. The van der Waals surface area contributed by atoms with Crippen LogP contribution in [0.25, 0.3) is 0 Å². The van der Waals surface area contributed by atoms with Crippen LogP contribution in [0.2, 0.25) is 0 Å². The Labute approximate surface area is 97.7 Å². The number of phenols is 2. The summed E-state index contributed by atoms with van der Waals surface area (Å²) in [4.78, 5) is 11.6. The number of carbonyl (C=O) groups excluding carboxylic acids is 1. The van der Waals surface area contributed by atoms with Crippen LogP contribution in [0.15, 0.2) is 12.1 Å². The van der Waals surface area contributed by atoms with Gasteiger partial charge in [-0.15, -0.1) is 0 Å². The lowest BCUT2D eigenvalue weighted by molar-refractivity contribution is 0.00907. The fourth-order valence-corrected chi connectivity index (χ4v) is 1.31. The topological polar surface area (TPSA) is 107 Å². The molecule has 0 saturated carbocycles. The number of aromatic hydroxyl groups is 2. The average Bonchev–Trinajstić information content (AvgIpc) is 2.24. The molecule has 1 aromatic rings. The van der Waals surface area contributed by atoms with E-state index in [-0.39, 0.29) is 17.9 Å². The molecular weight excluding hydrogens is 228 g/mol. The van der Waals surface area contributed by atoms with Crippen molar-refractivity contribution in [1.82, 2.24) is 0 Å². The SMILES string of the molecule is Cc1cc(O)cc(O)c1C(=O)OCC(O)CO. The Kier molecular flexibility index (Phi) is 4.30. The molecule has 4 N–H and O–H groups in total. The predicted octanol–water partition coefficient (Wildman–Crippen LogP) is -0.0838. The summed E-state index contributed by atoms with van der Waals surface area (Å²) in [5.41, 5.74) is 0.277. The smallest absolute Gasteiger partial charge is 0.342 e. The van der Waals surface area contributed by atoms with Gasteiger partial charge in [-0.3, -0.25) is 0 Å². The Morgan fingerprint density at radius 3 is 2.59 bits per heavy atom. The molecule has 1 rings (SSSR count). The number of ether oxygens (including phenoxy) is 1. The summed E-state index contributed by atoms with van der Waals surface area (Å²) in [6.45, 7) is 0.640. The maximum atomic E-state index is 11.6. The summed E-state index contributed by atoms with van der Waals surface area (Å²) >= 11 is 0. The number of hydrogen-bond acceptors (Lipinski definition) is 6. The highest BCUT2D eigenvalue weighted by Gasteiger charge is 2.18. The van der Waals surface area contributed by atoms with E-state index in [1.165, 1.54) is 13.0 Å². The Morgan fingerprint density at radius 2 is 2.06 bits per heavy atom. The van der Waals surface area contributed by atoms with Crippen LogP contribution >= 0.6 is 0 Å². The highest BCUT2D eigenvalue weighted by atomic mass is 16.5. The Morgan fingerprint density at radius 1 is 1.41 bits per heavy atom. The lowest BCUT2D eigenvalue weighted by atomic mass is 10.1. The van der Waals surface area contributed by atoms with Crippen LogP contribution in [0, 0.1) is 6.92 Å². The lowest BCUT2D eigenvalue weighted by Gasteiger charge is -2.11. The Hall–Kier alpha value is -1.79. The molecule has 94 valence electrons. The monoisotopic (exact) mass is 242 g/mol. The van der Waals surface area contributed by atoms with Crippen molar-refractivity contribution >= 4 is 5.97 Å². The second kappa shape index (κ2) is 5.51. The second-order valence-corrected chi connectivity index (χ2v) is 3.59. The number of aryl methyl sites for hydroxylation is 1. The summed E-state index contributed by atoms with van der Waals surface area (Å²) in [6, 6.07) is 2.32. The summed E-state index contributed by atoms with van der Waals surface area (Å²) in [5.74, 6) is -1.38. The van der Waals surface area contributed by atoms with Gasteiger partial charge < -0.3 is 25.2 Å². The second-order valence-electron chi connectivity index (χ2n) is 3.59. The highest BCUT2D eigenvalue weighted by Crippen LogP contribution is 2.27. The quantitative estimate of drug-likeness (QED) is 0.550. The minimum absolute atomic E-state index is 0.0760. The highest BCUT2D eigenvalue weighted by molar-refractivity contribution is 5.94. The zero-order valence-electron chi connectivity index (χ0n) is 9.25. The van der Waals surface area contributed by atoms with E-state index in [2.05, 4.69) is 0 Å². The Balaban J connectivity index is 2.82. The molecule has 0 aliphatic heterocycles. The number of benzene rings is 1. The number of rotatable bonds is 4. The van der Waals surface area contributed by atoms with Crippen LogP contribution in [0.3, 0.4) is 0 Å². The molecule has 0 aromatic heterocycles. The van der Waals surface area contributed by atoms with Gasteiger partial charge in [-0.05, 0) is 18.6 Å². The number of aliphatic hydroxyl groups is 2. The van der Waals surface area contributed by atoms with Gasteiger partial charge in [-0.1, -0.05) is 0 Å². The number of esters is 1. The molecule has 0 fully saturated rings. The van der Waals surface area contributed by atoms with E-state index in [9.17, 15) is 15.0 Å². The van der Waals surface area contributed by atoms with Crippen LogP contribution in [-0.4, -0.2) is 45.7 Å². The first-order valence-corrected chi connectivity index (χ1v) is 4.94. The van der Waals surface area contributed by atoms with Crippen LogP contribution in [0.5, 0.6) is 11.5 Å². The van der Waals surface area contributed by atoms with Crippen molar-refractivity contribution in [3.63, 3.8) is 0 Å². The molecular formula is C11H14O6. The standard InChI is InChI=1S/C11H14O6/c1-6-2-7(13)3-9(15)10(6)11(16)17-5-8(14)4-12/h2-3,8,12-15H,4-5H2,1H3. The molecule has 6 heteroatoms. The van der Waals surface area contributed by atoms with Crippen molar-refractivity contribution in [2.24, 2.45) is 0 Å². The van der Waals surface area contributed by atoms with Gasteiger partial charge in [0.2, 0.25) is 0 Å². The van der Waals surface area contributed by atoms with Crippen molar-refractivity contribution < 1.29 is 30.0 Å². The van der Waals surface area contributed by atoms with Crippen molar-refractivity contribution in [3.05, 3.63) is 23.3 Å². The maximum Gasteiger partial charge on any atom is 0.342 e. The van der Waals surface area contributed by atoms with Crippen LogP contribution in [-0.2, 0) is 4.74 Å². The van der Waals surface area contributed by atoms with E-state index in [1.54, 1.807) is 0 Å². The minimum Gasteiger partial charge on any atom is -0.508 e. The van der Waals surface area contributed by atoms with Gasteiger partial charge in [0.05, 0.1) is 6.61 Å². The minimum atomic E-state index is -1.15. The molecule has 0 spiro atoms. The van der Waals surface area contributed by atoms with E-state index in [0.29, 0.717) is 5.56 Å². The average molecular weight is 242 g/mol. The first-order chi connectivity index (χ1) is 7.95. The fourth-order valence-electron chi connectivity index (χ4n) is 1.31. The molecule has 0 heterocycles. The molecule has 1 aromatic carbocycles. The van der Waals surface area contributed by atoms with Crippen LogP contribution in [0.4, 0.5) is 0 Å². The number of hydrogen-bond donors (Lipinski definition) is 4.